The van der Waals surface area contributed by atoms with E-state index in [1.54, 1.807) is 31.4 Å². The van der Waals surface area contributed by atoms with Crippen molar-refractivity contribution >= 4 is 21.6 Å². The Kier molecular flexibility index (Phi) is 7.17. The molecule has 0 aliphatic rings. The fourth-order valence-electron chi connectivity index (χ4n) is 2.53. The quantitative estimate of drug-likeness (QED) is 0.682. The molecular formula is C19H24N2O4S. The molecule has 0 radical (unpaired) electrons. The minimum Gasteiger partial charge on any atom is -0.385 e. The molecule has 0 bridgehead atoms. The maximum absolute atomic E-state index is 12.5. The van der Waals surface area contributed by atoms with E-state index in [1.807, 2.05) is 30.3 Å². The maximum atomic E-state index is 12.5. The first kappa shape index (κ1) is 19.9. The van der Waals surface area contributed by atoms with E-state index in [1.165, 1.54) is 4.31 Å². The third kappa shape index (κ3) is 5.57. The molecule has 0 spiro atoms. The number of nitrogens with one attached hydrogen (secondary N) is 1. The number of ether oxygens (including phenoxy) is 1. The van der Waals surface area contributed by atoms with E-state index < -0.39 is 10.0 Å². The van der Waals surface area contributed by atoms with Crippen LogP contribution in [0.3, 0.4) is 0 Å². The monoisotopic (exact) mass is 376 g/mol. The number of hydrogen-bond donors (Lipinski definition) is 1. The van der Waals surface area contributed by atoms with Crippen LogP contribution >= 0.6 is 0 Å². The Bertz CT molecular complexity index is 822. The third-order valence-corrected chi connectivity index (χ3v) is 4.92. The van der Waals surface area contributed by atoms with E-state index in [0.29, 0.717) is 30.8 Å². The molecule has 0 aromatic heterocycles. The van der Waals surface area contributed by atoms with Gasteiger partial charge in [-0.1, -0.05) is 42.5 Å². The van der Waals surface area contributed by atoms with Gasteiger partial charge in [-0.15, -0.1) is 0 Å². The van der Waals surface area contributed by atoms with Crippen LogP contribution in [0.4, 0.5) is 5.69 Å². The average molecular weight is 376 g/mol. The summed E-state index contributed by atoms with van der Waals surface area (Å²) in [7, 11) is -1.97. The van der Waals surface area contributed by atoms with Crippen LogP contribution in [-0.2, 0) is 21.3 Å². The summed E-state index contributed by atoms with van der Waals surface area (Å²) < 4.78 is 31.0. The smallest absolute Gasteiger partial charge is 0.253 e. The number of methoxy groups -OCH3 is 1. The second-order valence-corrected chi connectivity index (χ2v) is 7.78. The molecule has 2 aromatic carbocycles. The normalized spacial score (nSPS) is 11.2. The van der Waals surface area contributed by atoms with Crippen molar-refractivity contribution in [3.8, 4) is 0 Å². The highest BCUT2D eigenvalue weighted by atomic mass is 32.2. The summed E-state index contributed by atoms with van der Waals surface area (Å²) >= 11 is 0. The Morgan fingerprint density at radius 3 is 2.38 bits per heavy atom. The van der Waals surface area contributed by atoms with E-state index in [2.05, 4.69) is 5.32 Å². The summed E-state index contributed by atoms with van der Waals surface area (Å²) in [6, 6.07) is 16.0. The van der Waals surface area contributed by atoms with E-state index in [0.717, 1.165) is 11.8 Å². The topological polar surface area (TPSA) is 75.7 Å². The van der Waals surface area contributed by atoms with Gasteiger partial charge in [0, 0.05) is 20.3 Å². The molecular weight excluding hydrogens is 352 g/mol. The zero-order valence-electron chi connectivity index (χ0n) is 15.0. The molecule has 0 aliphatic carbocycles. The number of amides is 1. The Balaban J connectivity index is 2.29. The van der Waals surface area contributed by atoms with Crippen LogP contribution in [0.2, 0.25) is 0 Å². The number of para-hydroxylation sites is 1. The van der Waals surface area contributed by atoms with Crippen molar-refractivity contribution in [3.05, 3.63) is 65.7 Å². The molecule has 0 fully saturated rings. The average Bonchev–Trinajstić information content (AvgIpc) is 2.63. The Morgan fingerprint density at radius 1 is 1.08 bits per heavy atom. The Morgan fingerprint density at radius 2 is 1.73 bits per heavy atom. The molecule has 2 rings (SSSR count). The first-order valence-electron chi connectivity index (χ1n) is 8.31. The van der Waals surface area contributed by atoms with Crippen LogP contribution in [0.1, 0.15) is 22.3 Å². The molecule has 0 saturated heterocycles. The van der Waals surface area contributed by atoms with Crippen molar-refractivity contribution in [2.24, 2.45) is 0 Å². The minimum atomic E-state index is -3.57. The first-order chi connectivity index (χ1) is 12.4. The SMILES string of the molecule is COCCCNC(=O)c1ccccc1N(Cc1ccccc1)S(C)(=O)=O. The molecule has 2 aromatic rings. The van der Waals surface area contributed by atoms with Crippen LogP contribution < -0.4 is 9.62 Å². The first-order valence-corrected chi connectivity index (χ1v) is 10.2. The molecule has 6 nitrogen and oxygen atoms in total. The number of carbonyl (C=O) groups is 1. The molecule has 1 amide bonds. The Hall–Kier alpha value is -2.38. The maximum Gasteiger partial charge on any atom is 0.253 e. The van der Waals surface area contributed by atoms with Crippen molar-refractivity contribution in [3.63, 3.8) is 0 Å². The number of benzene rings is 2. The summed E-state index contributed by atoms with van der Waals surface area (Å²) in [6.07, 6.45) is 1.83. The van der Waals surface area contributed by atoms with Gasteiger partial charge >= 0.3 is 0 Å². The lowest BCUT2D eigenvalue weighted by Crippen LogP contribution is -2.33. The fraction of sp³-hybridized carbons (Fsp3) is 0.316. The summed E-state index contributed by atoms with van der Waals surface area (Å²) in [4.78, 5) is 12.5. The molecule has 0 aliphatic heterocycles. The van der Waals surface area contributed by atoms with Crippen LogP contribution in [0.15, 0.2) is 54.6 Å². The van der Waals surface area contributed by atoms with E-state index >= 15 is 0 Å². The Labute approximate surface area is 154 Å². The van der Waals surface area contributed by atoms with Crippen molar-refractivity contribution in [2.75, 3.05) is 30.8 Å². The van der Waals surface area contributed by atoms with E-state index in [4.69, 9.17) is 4.74 Å². The van der Waals surface area contributed by atoms with E-state index in [9.17, 15) is 13.2 Å². The minimum absolute atomic E-state index is 0.160. The summed E-state index contributed by atoms with van der Waals surface area (Å²) in [5.74, 6) is -0.307. The lowest BCUT2D eigenvalue weighted by atomic mass is 10.1. The number of hydrogen-bond acceptors (Lipinski definition) is 4. The number of carbonyl (C=O) groups excluding carboxylic acids is 1. The highest BCUT2D eigenvalue weighted by Crippen LogP contribution is 2.25. The zero-order chi connectivity index (χ0) is 19.0. The van der Waals surface area contributed by atoms with Crippen LogP contribution in [0.25, 0.3) is 0 Å². The molecule has 0 unspecified atom stereocenters. The van der Waals surface area contributed by atoms with Crippen molar-refractivity contribution < 1.29 is 17.9 Å². The van der Waals surface area contributed by atoms with Gasteiger partial charge < -0.3 is 10.1 Å². The molecule has 7 heteroatoms. The lowest BCUT2D eigenvalue weighted by molar-refractivity contribution is 0.0949. The molecule has 0 heterocycles. The standard InChI is InChI=1S/C19H24N2O4S/c1-25-14-8-13-20-19(22)17-11-6-7-12-18(17)21(26(2,23)24)15-16-9-4-3-5-10-16/h3-7,9-12H,8,13-15H2,1-2H3,(H,20,22). The molecule has 140 valence electrons. The van der Waals surface area contributed by atoms with Gasteiger partial charge in [0.25, 0.3) is 5.91 Å². The number of anilines is 1. The van der Waals surface area contributed by atoms with Crippen molar-refractivity contribution in [1.29, 1.82) is 0 Å². The van der Waals surface area contributed by atoms with Crippen LogP contribution in [0.5, 0.6) is 0 Å². The number of sulfonamides is 1. The molecule has 1 N–H and O–H groups in total. The van der Waals surface area contributed by atoms with Gasteiger partial charge in [-0.2, -0.15) is 0 Å². The molecule has 0 atom stereocenters. The van der Waals surface area contributed by atoms with Crippen molar-refractivity contribution in [2.45, 2.75) is 13.0 Å². The zero-order valence-corrected chi connectivity index (χ0v) is 15.8. The predicted molar refractivity (Wildman–Crippen MR) is 103 cm³/mol. The molecule has 26 heavy (non-hydrogen) atoms. The van der Waals surface area contributed by atoms with Gasteiger partial charge in [0.1, 0.15) is 0 Å². The van der Waals surface area contributed by atoms with Crippen LogP contribution in [-0.4, -0.2) is 40.8 Å². The summed E-state index contributed by atoms with van der Waals surface area (Å²) in [5, 5.41) is 2.80. The van der Waals surface area contributed by atoms with Gasteiger partial charge in [0.05, 0.1) is 24.1 Å². The van der Waals surface area contributed by atoms with Gasteiger partial charge in [-0.3, -0.25) is 9.10 Å². The highest BCUT2D eigenvalue weighted by Gasteiger charge is 2.23. The second-order valence-electron chi connectivity index (χ2n) is 5.87. The van der Waals surface area contributed by atoms with Gasteiger partial charge in [-0.05, 0) is 24.1 Å². The fourth-order valence-corrected chi connectivity index (χ4v) is 3.43. The van der Waals surface area contributed by atoms with E-state index in [-0.39, 0.29) is 12.5 Å². The summed E-state index contributed by atoms with van der Waals surface area (Å²) in [6.45, 7) is 1.16. The lowest BCUT2D eigenvalue weighted by Gasteiger charge is -2.24. The third-order valence-electron chi connectivity index (χ3n) is 3.80. The van der Waals surface area contributed by atoms with Crippen molar-refractivity contribution in [1.82, 2.24) is 5.32 Å². The highest BCUT2D eigenvalue weighted by molar-refractivity contribution is 7.92. The second kappa shape index (κ2) is 9.35. The number of nitrogens with zero attached hydrogens (tertiary/aromatic N) is 1. The molecule has 0 saturated carbocycles. The predicted octanol–water partition coefficient (Wildman–Crippen LogP) is 2.42. The summed E-state index contributed by atoms with van der Waals surface area (Å²) in [5.41, 5.74) is 1.53. The van der Waals surface area contributed by atoms with Crippen LogP contribution in [0, 0.1) is 0 Å². The number of rotatable bonds is 9. The largest absolute Gasteiger partial charge is 0.385 e. The van der Waals surface area contributed by atoms with Gasteiger partial charge in [-0.25, -0.2) is 8.42 Å². The van der Waals surface area contributed by atoms with Gasteiger partial charge in [0.2, 0.25) is 10.0 Å². The van der Waals surface area contributed by atoms with Gasteiger partial charge in [0.15, 0.2) is 0 Å².